The van der Waals surface area contributed by atoms with Crippen LogP contribution in [0.25, 0.3) is 0 Å². The van der Waals surface area contributed by atoms with Gasteiger partial charge in [0.25, 0.3) is 0 Å². The number of nitrogen functional groups attached to an aromatic ring is 1. The van der Waals surface area contributed by atoms with E-state index in [1.165, 1.54) is 12.1 Å². The molecule has 6 heteroatoms. The summed E-state index contributed by atoms with van der Waals surface area (Å²) in [5.74, 6) is -0.841. The van der Waals surface area contributed by atoms with Crippen LogP contribution in [0.1, 0.15) is 5.56 Å². The molecule has 0 unspecified atom stereocenters. The van der Waals surface area contributed by atoms with E-state index in [0.29, 0.717) is 0 Å². The molecule has 0 saturated carbocycles. The Hall–Kier alpha value is -1.14. The largest absolute Gasteiger partial charge is 0.488 e. The topological polar surface area (TPSA) is 79.3 Å². The zero-order valence-electron chi connectivity index (χ0n) is 7.76. The number of rotatable bonds is 4. The molecule has 0 aromatic heterocycles. The third-order valence-corrected chi connectivity index (χ3v) is 2.46. The zero-order valence-corrected chi connectivity index (χ0v) is 9.34. The van der Waals surface area contributed by atoms with Gasteiger partial charge in [-0.3, -0.25) is 5.41 Å². The molecule has 0 atom stereocenters. The van der Waals surface area contributed by atoms with Crippen molar-refractivity contribution in [2.45, 2.75) is 0 Å². The van der Waals surface area contributed by atoms with Crippen LogP contribution in [0.15, 0.2) is 16.6 Å². The van der Waals surface area contributed by atoms with Crippen LogP contribution in [-0.4, -0.2) is 24.2 Å². The molecule has 1 aromatic rings. The fraction of sp³-hybridized carbons (Fsp3) is 0.222. The second-order valence-electron chi connectivity index (χ2n) is 2.72. The summed E-state index contributed by atoms with van der Waals surface area (Å²) in [5, 5.41) is 15.7. The van der Waals surface area contributed by atoms with Gasteiger partial charge in [-0.1, -0.05) is 0 Å². The lowest BCUT2D eigenvalue weighted by Gasteiger charge is -2.09. The molecule has 0 aliphatic heterocycles. The fourth-order valence-corrected chi connectivity index (χ4v) is 1.55. The molecule has 1 aromatic carbocycles. The number of amidine groups is 1. The van der Waals surface area contributed by atoms with Gasteiger partial charge < -0.3 is 15.6 Å². The Morgan fingerprint density at radius 1 is 1.60 bits per heavy atom. The minimum Gasteiger partial charge on any atom is -0.488 e. The van der Waals surface area contributed by atoms with Crippen molar-refractivity contribution in [2.24, 2.45) is 5.73 Å². The number of benzene rings is 1. The first kappa shape index (κ1) is 11.9. The number of aliphatic hydroxyl groups is 1. The molecular formula is C9H10BrFN2O2. The first-order valence-corrected chi connectivity index (χ1v) is 4.93. The van der Waals surface area contributed by atoms with Gasteiger partial charge in [-0.15, -0.1) is 0 Å². The highest BCUT2D eigenvalue weighted by atomic mass is 79.9. The molecule has 0 amide bonds. The molecule has 0 aliphatic rings. The van der Waals surface area contributed by atoms with Crippen LogP contribution in [0.2, 0.25) is 0 Å². The molecule has 0 fully saturated rings. The van der Waals surface area contributed by atoms with Crippen molar-refractivity contribution in [1.82, 2.24) is 0 Å². The van der Waals surface area contributed by atoms with E-state index >= 15 is 0 Å². The summed E-state index contributed by atoms with van der Waals surface area (Å²) in [7, 11) is 0. The van der Waals surface area contributed by atoms with Crippen molar-refractivity contribution in [1.29, 1.82) is 5.41 Å². The van der Waals surface area contributed by atoms with Crippen LogP contribution in [0.4, 0.5) is 4.39 Å². The molecular weight excluding hydrogens is 267 g/mol. The highest BCUT2D eigenvalue weighted by Crippen LogP contribution is 2.28. The van der Waals surface area contributed by atoms with Crippen LogP contribution < -0.4 is 10.5 Å². The molecule has 15 heavy (non-hydrogen) atoms. The Bertz CT molecular complexity index is 385. The summed E-state index contributed by atoms with van der Waals surface area (Å²) < 4.78 is 18.6. The molecule has 0 saturated heterocycles. The summed E-state index contributed by atoms with van der Waals surface area (Å²) in [6.07, 6.45) is 0. The summed E-state index contributed by atoms with van der Waals surface area (Å²) in [4.78, 5) is 0. The number of hydrogen-bond donors (Lipinski definition) is 3. The number of halogens is 2. The lowest BCUT2D eigenvalue weighted by molar-refractivity contribution is 0.196. The monoisotopic (exact) mass is 276 g/mol. The number of nitrogens with two attached hydrogens (primary N) is 1. The Kier molecular flexibility index (Phi) is 4.05. The van der Waals surface area contributed by atoms with E-state index in [4.69, 9.17) is 21.0 Å². The summed E-state index contributed by atoms with van der Waals surface area (Å²) in [6, 6.07) is 2.84. The van der Waals surface area contributed by atoms with Gasteiger partial charge >= 0.3 is 0 Å². The Labute approximate surface area is 94.5 Å². The average molecular weight is 277 g/mol. The first-order chi connectivity index (χ1) is 7.07. The summed E-state index contributed by atoms with van der Waals surface area (Å²) >= 11 is 2.99. The van der Waals surface area contributed by atoms with Gasteiger partial charge in [-0.05, 0) is 28.1 Å². The molecule has 82 valence electrons. The van der Waals surface area contributed by atoms with E-state index in [1.807, 2.05) is 0 Å². The molecule has 0 heterocycles. The number of ether oxygens (including phenoxy) is 1. The van der Waals surface area contributed by atoms with Gasteiger partial charge in [0.05, 0.1) is 11.1 Å². The smallest absolute Gasteiger partial charge is 0.179 e. The minimum absolute atomic E-state index is 0.0147. The van der Waals surface area contributed by atoms with E-state index in [1.54, 1.807) is 0 Å². The number of nitrogens with one attached hydrogen (secondary N) is 1. The zero-order chi connectivity index (χ0) is 11.4. The summed E-state index contributed by atoms with van der Waals surface area (Å²) in [6.45, 7) is -0.172. The van der Waals surface area contributed by atoms with Crippen molar-refractivity contribution in [2.75, 3.05) is 13.2 Å². The second-order valence-corrected chi connectivity index (χ2v) is 3.52. The lowest BCUT2D eigenvalue weighted by Crippen LogP contribution is -2.13. The van der Waals surface area contributed by atoms with E-state index in [0.717, 1.165) is 0 Å². The maximum Gasteiger partial charge on any atom is 0.179 e. The summed E-state index contributed by atoms with van der Waals surface area (Å²) in [5.41, 5.74) is 5.51. The second kappa shape index (κ2) is 5.09. The molecule has 4 N–H and O–H groups in total. The number of aliphatic hydroxyl groups excluding tert-OH is 1. The molecule has 4 nitrogen and oxygen atoms in total. The van der Waals surface area contributed by atoms with Crippen molar-refractivity contribution < 1.29 is 14.2 Å². The molecule has 0 aliphatic carbocycles. The minimum atomic E-state index is -0.629. The van der Waals surface area contributed by atoms with Crippen LogP contribution in [0.3, 0.4) is 0 Å². The van der Waals surface area contributed by atoms with Crippen molar-refractivity contribution in [3.05, 3.63) is 28.0 Å². The average Bonchev–Trinajstić information content (AvgIpc) is 2.20. The normalized spacial score (nSPS) is 10.1. The van der Waals surface area contributed by atoms with Crippen molar-refractivity contribution in [3.8, 4) is 5.75 Å². The van der Waals surface area contributed by atoms with Gasteiger partial charge in [0.2, 0.25) is 0 Å². The maximum absolute atomic E-state index is 13.5. The predicted octanol–water partition coefficient (Wildman–Crippen LogP) is 1.24. The van der Waals surface area contributed by atoms with Gasteiger partial charge in [-0.2, -0.15) is 0 Å². The third kappa shape index (κ3) is 2.66. The van der Waals surface area contributed by atoms with Gasteiger partial charge in [0, 0.05) is 5.56 Å². The van der Waals surface area contributed by atoms with E-state index in [9.17, 15) is 4.39 Å². The van der Waals surface area contributed by atoms with Crippen LogP contribution in [0.5, 0.6) is 5.75 Å². The Balaban J connectivity index is 3.04. The van der Waals surface area contributed by atoms with Gasteiger partial charge in [0.1, 0.15) is 12.4 Å². The fourth-order valence-electron chi connectivity index (χ4n) is 1.01. The maximum atomic E-state index is 13.5. The SMILES string of the molecule is N=C(N)c1ccc(OCCO)c(F)c1Br. The van der Waals surface area contributed by atoms with E-state index < -0.39 is 5.82 Å². The van der Waals surface area contributed by atoms with Gasteiger partial charge in [0.15, 0.2) is 11.6 Å². The van der Waals surface area contributed by atoms with Crippen molar-refractivity contribution >= 4 is 21.8 Å². The molecule has 0 radical (unpaired) electrons. The van der Waals surface area contributed by atoms with E-state index in [-0.39, 0.29) is 34.8 Å². The van der Waals surface area contributed by atoms with Crippen LogP contribution in [0, 0.1) is 11.2 Å². The van der Waals surface area contributed by atoms with Crippen LogP contribution >= 0.6 is 15.9 Å². The molecule has 0 spiro atoms. The lowest BCUT2D eigenvalue weighted by atomic mass is 10.2. The van der Waals surface area contributed by atoms with E-state index in [2.05, 4.69) is 15.9 Å². The Morgan fingerprint density at radius 2 is 2.27 bits per heavy atom. The third-order valence-electron chi connectivity index (χ3n) is 1.69. The molecule has 0 bridgehead atoms. The highest BCUT2D eigenvalue weighted by Gasteiger charge is 2.13. The van der Waals surface area contributed by atoms with Crippen LogP contribution in [-0.2, 0) is 0 Å². The first-order valence-electron chi connectivity index (χ1n) is 4.14. The highest BCUT2D eigenvalue weighted by molar-refractivity contribution is 9.10. The number of hydrogen-bond acceptors (Lipinski definition) is 3. The molecule has 1 rings (SSSR count). The van der Waals surface area contributed by atoms with Crippen molar-refractivity contribution in [3.63, 3.8) is 0 Å². The Morgan fingerprint density at radius 3 is 2.80 bits per heavy atom. The quantitative estimate of drug-likeness (QED) is 0.572. The van der Waals surface area contributed by atoms with Gasteiger partial charge in [-0.25, -0.2) is 4.39 Å². The standard InChI is InChI=1S/C9H10BrFN2O2/c10-7-5(9(12)13)1-2-6(8(7)11)15-4-3-14/h1-2,14H,3-4H2,(H3,12,13). The predicted molar refractivity (Wildman–Crippen MR) is 57.7 cm³/mol.